The number of amides is 1. The molecular formula is C20H25ClN2O4S. The third-order valence-corrected chi connectivity index (χ3v) is 6.92. The van der Waals surface area contributed by atoms with Crippen LogP contribution in [0, 0.1) is 13.8 Å². The fourth-order valence-electron chi connectivity index (χ4n) is 2.76. The highest BCUT2D eigenvalue weighted by Crippen LogP contribution is 2.26. The van der Waals surface area contributed by atoms with Crippen molar-refractivity contribution in [1.82, 2.24) is 4.31 Å². The molecule has 0 atom stereocenters. The molecule has 0 saturated carbocycles. The van der Waals surface area contributed by atoms with Crippen LogP contribution in [0.3, 0.4) is 0 Å². The van der Waals surface area contributed by atoms with Crippen LogP contribution in [0.2, 0.25) is 5.02 Å². The number of nitrogens with one attached hydrogen (secondary N) is 1. The number of carbonyl (C=O) groups is 1. The molecule has 0 fully saturated rings. The summed E-state index contributed by atoms with van der Waals surface area (Å²) in [7, 11) is -3.52. The third kappa shape index (κ3) is 5.25. The summed E-state index contributed by atoms with van der Waals surface area (Å²) in [5, 5.41) is 3.37. The van der Waals surface area contributed by atoms with Crippen LogP contribution < -0.4 is 10.1 Å². The SMILES string of the molecule is CCN(CC)S(=O)(=O)c1ccc(NC(=O)COc2cc(C)c(Cl)c(C)c2)cc1. The second-order valence-electron chi connectivity index (χ2n) is 6.32. The molecule has 28 heavy (non-hydrogen) atoms. The first-order valence-electron chi connectivity index (χ1n) is 8.98. The van der Waals surface area contributed by atoms with E-state index in [1.807, 2.05) is 13.8 Å². The Hall–Kier alpha value is -2.09. The van der Waals surface area contributed by atoms with Crippen LogP contribution in [-0.2, 0) is 14.8 Å². The number of ether oxygens (including phenoxy) is 1. The Morgan fingerprint density at radius 2 is 1.61 bits per heavy atom. The summed E-state index contributed by atoms with van der Waals surface area (Å²) >= 11 is 6.12. The highest BCUT2D eigenvalue weighted by Gasteiger charge is 2.21. The van der Waals surface area contributed by atoms with Gasteiger partial charge in [-0.3, -0.25) is 4.79 Å². The number of hydrogen-bond donors (Lipinski definition) is 1. The molecule has 0 saturated heterocycles. The van der Waals surface area contributed by atoms with Crippen molar-refractivity contribution in [1.29, 1.82) is 0 Å². The van der Waals surface area contributed by atoms with Crippen LogP contribution in [0.5, 0.6) is 5.75 Å². The number of carbonyl (C=O) groups excluding carboxylic acids is 1. The van der Waals surface area contributed by atoms with Gasteiger partial charge in [-0.2, -0.15) is 4.31 Å². The Labute approximate surface area is 171 Å². The monoisotopic (exact) mass is 424 g/mol. The zero-order valence-electron chi connectivity index (χ0n) is 16.5. The molecule has 0 spiro atoms. The van der Waals surface area contributed by atoms with Gasteiger partial charge in [0.1, 0.15) is 5.75 Å². The van der Waals surface area contributed by atoms with E-state index in [0.29, 0.717) is 29.5 Å². The van der Waals surface area contributed by atoms with E-state index >= 15 is 0 Å². The van der Waals surface area contributed by atoms with Crippen molar-refractivity contribution in [2.24, 2.45) is 0 Å². The van der Waals surface area contributed by atoms with Crippen molar-refractivity contribution >= 4 is 33.2 Å². The summed E-state index contributed by atoms with van der Waals surface area (Å²) in [6.07, 6.45) is 0. The maximum absolute atomic E-state index is 12.5. The lowest BCUT2D eigenvalue weighted by atomic mass is 10.1. The Morgan fingerprint density at radius 3 is 2.11 bits per heavy atom. The predicted molar refractivity (Wildman–Crippen MR) is 112 cm³/mol. The Morgan fingerprint density at radius 1 is 1.07 bits per heavy atom. The summed E-state index contributed by atoms with van der Waals surface area (Å²) in [6, 6.07) is 9.63. The minimum absolute atomic E-state index is 0.167. The van der Waals surface area contributed by atoms with Crippen molar-refractivity contribution in [3.05, 3.63) is 52.5 Å². The first kappa shape index (κ1) is 22.2. The van der Waals surface area contributed by atoms with Crippen LogP contribution in [0.4, 0.5) is 5.69 Å². The number of hydrogen-bond acceptors (Lipinski definition) is 4. The molecule has 8 heteroatoms. The fraction of sp³-hybridized carbons (Fsp3) is 0.350. The molecule has 0 aliphatic heterocycles. The summed E-state index contributed by atoms with van der Waals surface area (Å²) in [6.45, 7) is 7.96. The van der Waals surface area contributed by atoms with Crippen LogP contribution in [-0.4, -0.2) is 38.3 Å². The number of nitrogens with zero attached hydrogens (tertiary/aromatic N) is 1. The normalized spacial score (nSPS) is 11.5. The van der Waals surface area contributed by atoms with E-state index < -0.39 is 10.0 Å². The van der Waals surface area contributed by atoms with Gasteiger partial charge < -0.3 is 10.1 Å². The van der Waals surface area contributed by atoms with Gasteiger partial charge in [0.25, 0.3) is 5.91 Å². The highest BCUT2D eigenvalue weighted by atomic mass is 35.5. The van der Waals surface area contributed by atoms with E-state index in [1.54, 1.807) is 38.1 Å². The molecule has 0 aliphatic rings. The maximum atomic E-state index is 12.5. The largest absolute Gasteiger partial charge is 0.484 e. The summed E-state index contributed by atoms with van der Waals surface area (Å²) in [5.41, 5.74) is 2.25. The molecule has 1 N–H and O–H groups in total. The summed E-state index contributed by atoms with van der Waals surface area (Å²) in [5.74, 6) is 0.222. The number of aryl methyl sites for hydroxylation is 2. The number of benzene rings is 2. The van der Waals surface area contributed by atoms with E-state index in [-0.39, 0.29) is 17.4 Å². The first-order chi connectivity index (χ1) is 13.2. The van der Waals surface area contributed by atoms with Gasteiger partial charge in [0.2, 0.25) is 10.0 Å². The molecule has 0 aromatic heterocycles. The lowest BCUT2D eigenvalue weighted by molar-refractivity contribution is -0.118. The van der Waals surface area contributed by atoms with E-state index in [4.69, 9.17) is 16.3 Å². The molecule has 2 rings (SSSR count). The molecule has 0 unspecified atom stereocenters. The fourth-order valence-corrected chi connectivity index (χ4v) is 4.33. The Kier molecular flexibility index (Phi) is 7.46. The second-order valence-corrected chi connectivity index (χ2v) is 8.64. The van der Waals surface area contributed by atoms with Crippen molar-refractivity contribution in [3.63, 3.8) is 0 Å². The molecule has 0 bridgehead atoms. The van der Waals surface area contributed by atoms with E-state index in [1.165, 1.54) is 16.4 Å². The van der Waals surface area contributed by atoms with Crippen LogP contribution in [0.1, 0.15) is 25.0 Å². The summed E-state index contributed by atoms with van der Waals surface area (Å²) in [4.78, 5) is 12.3. The minimum atomic E-state index is -3.52. The van der Waals surface area contributed by atoms with Crippen LogP contribution in [0.15, 0.2) is 41.3 Å². The number of anilines is 1. The van der Waals surface area contributed by atoms with Gasteiger partial charge in [0, 0.05) is 23.8 Å². The topological polar surface area (TPSA) is 75.7 Å². The molecule has 2 aromatic carbocycles. The lowest BCUT2D eigenvalue weighted by Crippen LogP contribution is -2.30. The molecule has 0 radical (unpaired) electrons. The van der Waals surface area contributed by atoms with Crippen molar-refractivity contribution in [2.45, 2.75) is 32.6 Å². The van der Waals surface area contributed by atoms with Crippen LogP contribution in [0.25, 0.3) is 0 Å². The Balaban J connectivity index is 1.99. The molecule has 0 heterocycles. The van der Waals surface area contributed by atoms with Crippen molar-refractivity contribution < 1.29 is 17.9 Å². The van der Waals surface area contributed by atoms with E-state index in [2.05, 4.69) is 5.32 Å². The van der Waals surface area contributed by atoms with Gasteiger partial charge >= 0.3 is 0 Å². The van der Waals surface area contributed by atoms with E-state index in [9.17, 15) is 13.2 Å². The average Bonchev–Trinajstić information content (AvgIpc) is 2.65. The second kappa shape index (κ2) is 9.41. The molecule has 152 valence electrons. The smallest absolute Gasteiger partial charge is 0.262 e. The third-order valence-electron chi connectivity index (χ3n) is 4.26. The number of rotatable bonds is 8. The summed E-state index contributed by atoms with van der Waals surface area (Å²) < 4.78 is 31.9. The molecule has 0 aliphatic carbocycles. The van der Waals surface area contributed by atoms with Crippen LogP contribution >= 0.6 is 11.6 Å². The van der Waals surface area contributed by atoms with Gasteiger partial charge in [-0.15, -0.1) is 0 Å². The van der Waals surface area contributed by atoms with Crippen molar-refractivity contribution in [2.75, 3.05) is 25.0 Å². The van der Waals surface area contributed by atoms with E-state index in [0.717, 1.165) is 11.1 Å². The van der Waals surface area contributed by atoms with Gasteiger partial charge in [0.15, 0.2) is 6.61 Å². The first-order valence-corrected chi connectivity index (χ1v) is 10.8. The standard InChI is InChI=1S/C20H25ClN2O4S/c1-5-23(6-2)28(25,26)18-9-7-16(8-10-18)22-19(24)13-27-17-11-14(3)20(21)15(4)12-17/h7-12H,5-6,13H2,1-4H3,(H,22,24). The van der Waals surface area contributed by atoms with Crippen molar-refractivity contribution in [3.8, 4) is 5.75 Å². The van der Waals surface area contributed by atoms with Gasteiger partial charge in [-0.05, 0) is 61.4 Å². The number of halogens is 1. The van der Waals surface area contributed by atoms with Gasteiger partial charge in [0.05, 0.1) is 4.90 Å². The maximum Gasteiger partial charge on any atom is 0.262 e. The predicted octanol–water partition coefficient (Wildman–Crippen LogP) is 4.00. The Bertz CT molecular complexity index is 916. The highest BCUT2D eigenvalue weighted by molar-refractivity contribution is 7.89. The zero-order chi connectivity index (χ0) is 20.9. The lowest BCUT2D eigenvalue weighted by Gasteiger charge is -2.18. The molecule has 1 amide bonds. The molecule has 6 nitrogen and oxygen atoms in total. The van der Waals surface area contributed by atoms with Gasteiger partial charge in [-0.25, -0.2) is 8.42 Å². The molecular weight excluding hydrogens is 400 g/mol. The van der Waals surface area contributed by atoms with Gasteiger partial charge in [-0.1, -0.05) is 25.4 Å². The number of sulfonamides is 1. The minimum Gasteiger partial charge on any atom is -0.484 e. The quantitative estimate of drug-likeness (QED) is 0.694. The zero-order valence-corrected chi connectivity index (χ0v) is 18.0. The average molecular weight is 425 g/mol. The molecule has 2 aromatic rings.